The van der Waals surface area contributed by atoms with E-state index in [-0.39, 0.29) is 4.75 Å². The first-order chi connectivity index (χ1) is 5.47. The molecule has 0 saturated heterocycles. The molecule has 66 valence electrons. The van der Waals surface area contributed by atoms with Gasteiger partial charge in [0.25, 0.3) is 0 Å². The first-order valence-corrected chi connectivity index (χ1v) is 5.25. The van der Waals surface area contributed by atoms with Crippen LogP contribution >= 0.6 is 27.7 Å². The molecule has 0 saturated carbocycles. The molecule has 0 amide bonds. The van der Waals surface area contributed by atoms with Crippen molar-refractivity contribution in [1.29, 1.82) is 0 Å². The summed E-state index contributed by atoms with van der Waals surface area (Å²) in [5.41, 5.74) is 0. The van der Waals surface area contributed by atoms with E-state index in [9.17, 15) is 0 Å². The van der Waals surface area contributed by atoms with Crippen molar-refractivity contribution >= 4 is 27.7 Å². The maximum atomic E-state index is 4.15. The van der Waals surface area contributed by atoms with Gasteiger partial charge >= 0.3 is 0 Å². The summed E-state index contributed by atoms with van der Waals surface area (Å²) in [5, 5.41) is 1.00. The highest BCUT2D eigenvalue weighted by molar-refractivity contribution is 9.10. The Morgan fingerprint density at radius 2 is 2.00 bits per heavy atom. The van der Waals surface area contributed by atoms with Crippen LogP contribution in [0.2, 0.25) is 0 Å². The minimum absolute atomic E-state index is 0.202. The summed E-state index contributed by atoms with van der Waals surface area (Å²) < 4.78 is 1.04. The van der Waals surface area contributed by atoms with Gasteiger partial charge in [-0.15, -0.1) is 11.8 Å². The summed E-state index contributed by atoms with van der Waals surface area (Å²) >= 11 is 5.04. The van der Waals surface area contributed by atoms with Gasteiger partial charge in [-0.25, -0.2) is 9.97 Å². The second kappa shape index (κ2) is 3.75. The van der Waals surface area contributed by atoms with Gasteiger partial charge in [0.1, 0.15) is 16.0 Å². The average Bonchev–Trinajstić information content (AvgIpc) is 1.82. The molecule has 1 rings (SSSR count). The molecule has 0 spiro atoms. The highest BCUT2D eigenvalue weighted by atomic mass is 79.9. The van der Waals surface area contributed by atoms with Crippen molar-refractivity contribution in [3.8, 4) is 0 Å². The molecule has 0 fully saturated rings. The predicted octanol–water partition coefficient (Wildman–Crippen LogP) is 3.13. The maximum absolute atomic E-state index is 4.15. The Kier molecular flexibility index (Phi) is 3.12. The second-order valence-electron chi connectivity index (χ2n) is 3.39. The zero-order valence-corrected chi connectivity index (χ0v) is 9.74. The molecule has 0 aromatic carbocycles. The molecule has 0 N–H and O–H groups in total. The van der Waals surface area contributed by atoms with E-state index in [2.05, 4.69) is 46.7 Å². The lowest BCUT2D eigenvalue weighted by Gasteiger charge is -2.16. The number of halogens is 1. The normalized spacial score (nSPS) is 11.7. The first kappa shape index (κ1) is 9.99. The van der Waals surface area contributed by atoms with Crippen LogP contribution in [0, 0.1) is 0 Å². The van der Waals surface area contributed by atoms with E-state index >= 15 is 0 Å². The van der Waals surface area contributed by atoms with Crippen LogP contribution in [0.1, 0.15) is 20.8 Å². The summed E-state index contributed by atoms with van der Waals surface area (Å²) in [6.45, 7) is 6.48. The summed E-state index contributed by atoms with van der Waals surface area (Å²) in [4.78, 5) is 8.11. The Hall–Kier alpha value is -0.0900. The number of nitrogens with zero attached hydrogens (tertiary/aromatic N) is 2. The van der Waals surface area contributed by atoms with Crippen molar-refractivity contribution < 1.29 is 0 Å². The quantitative estimate of drug-likeness (QED) is 0.563. The van der Waals surface area contributed by atoms with Gasteiger partial charge in [0, 0.05) is 10.8 Å². The molecule has 12 heavy (non-hydrogen) atoms. The highest BCUT2D eigenvalue weighted by Crippen LogP contribution is 2.30. The molecule has 2 nitrogen and oxygen atoms in total. The van der Waals surface area contributed by atoms with Crippen LogP contribution in [0.15, 0.2) is 22.0 Å². The Balaban J connectivity index is 2.77. The van der Waals surface area contributed by atoms with Gasteiger partial charge in [-0.2, -0.15) is 0 Å². The van der Waals surface area contributed by atoms with E-state index in [0.717, 1.165) is 9.63 Å². The molecular formula is C8H11BrN2S. The van der Waals surface area contributed by atoms with Gasteiger partial charge < -0.3 is 0 Å². The molecule has 0 aliphatic heterocycles. The third kappa shape index (κ3) is 3.54. The largest absolute Gasteiger partial charge is 0.230 e. The van der Waals surface area contributed by atoms with Crippen molar-refractivity contribution in [2.75, 3.05) is 0 Å². The van der Waals surface area contributed by atoms with Gasteiger partial charge in [0.2, 0.25) is 0 Å². The van der Waals surface area contributed by atoms with E-state index in [0.29, 0.717) is 0 Å². The summed E-state index contributed by atoms with van der Waals surface area (Å²) in [6, 6.07) is 1.93. The van der Waals surface area contributed by atoms with Gasteiger partial charge in [0.15, 0.2) is 0 Å². The Bertz CT molecular complexity index is 270. The number of hydrogen-bond acceptors (Lipinski definition) is 3. The zero-order valence-electron chi connectivity index (χ0n) is 7.34. The van der Waals surface area contributed by atoms with Crippen molar-refractivity contribution in [1.82, 2.24) is 9.97 Å². The number of thioether (sulfide) groups is 1. The molecule has 0 atom stereocenters. The summed E-state index contributed by atoms with van der Waals surface area (Å²) in [6.07, 6.45) is 1.57. The predicted molar refractivity (Wildman–Crippen MR) is 55.3 cm³/mol. The standard InChI is InChI=1S/C8H11BrN2S/c1-8(2,3)12-7-4-6(9)10-5-11-7/h4-5H,1-3H3. The zero-order chi connectivity index (χ0) is 9.19. The van der Waals surface area contributed by atoms with E-state index in [1.165, 1.54) is 0 Å². The third-order valence-electron chi connectivity index (χ3n) is 1.02. The van der Waals surface area contributed by atoms with Crippen molar-refractivity contribution in [2.24, 2.45) is 0 Å². The second-order valence-corrected chi connectivity index (χ2v) is 6.05. The number of aromatic nitrogens is 2. The molecule has 1 aromatic rings. The van der Waals surface area contributed by atoms with E-state index in [1.54, 1.807) is 18.1 Å². The van der Waals surface area contributed by atoms with Crippen LogP contribution in [0.4, 0.5) is 0 Å². The number of rotatable bonds is 1. The molecule has 4 heteroatoms. The van der Waals surface area contributed by atoms with Crippen LogP contribution in [-0.4, -0.2) is 14.7 Å². The van der Waals surface area contributed by atoms with E-state index < -0.39 is 0 Å². The highest BCUT2D eigenvalue weighted by Gasteiger charge is 2.12. The number of hydrogen-bond donors (Lipinski definition) is 0. The Morgan fingerprint density at radius 3 is 2.50 bits per heavy atom. The van der Waals surface area contributed by atoms with Crippen LogP contribution in [0.3, 0.4) is 0 Å². The maximum Gasteiger partial charge on any atom is 0.118 e. The summed E-state index contributed by atoms with van der Waals surface area (Å²) in [5.74, 6) is 0. The van der Waals surface area contributed by atoms with Crippen molar-refractivity contribution in [3.05, 3.63) is 17.0 Å². The lowest BCUT2D eigenvalue weighted by atomic mass is 10.3. The van der Waals surface area contributed by atoms with Gasteiger partial charge in [0.05, 0.1) is 0 Å². The molecule has 1 heterocycles. The van der Waals surface area contributed by atoms with Crippen LogP contribution in [0.25, 0.3) is 0 Å². The fourth-order valence-corrected chi connectivity index (χ4v) is 2.04. The fourth-order valence-electron chi connectivity index (χ4n) is 0.687. The van der Waals surface area contributed by atoms with E-state index in [4.69, 9.17) is 0 Å². The lowest BCUT2D eigenvalue weighted by molar-refractivity contribution is 0.798. The first-order valence-electron chi connectivity index (χ1n) is 3.64. The molecule has 0 aliphatic rings. The van der Waals surface area contributed by atoms with Crippen molar-refractivity contribution in [2.45, 2.75) is 30.5 Å². The minimum atomic E-state index is 0.202. The fraction of sp³-hybridized carbons (Fsp3) is 0.500. The molecule has 1 aromatic heterocycles. The van der Waals surface area contributed by atoms with Crippen LogP contribution in [-0.2, 0) is 0 Å². The van der Waals surface area contributed by atoms with Crippen molar-refractivity contribution in [3.63, 3.8) is 0 Å². The summed E-state index contributed by atoms with van der Waals surface area (Å²) in [7, 11) is 0. The van der Waals surface area contributed by atoms with Crippen LogP contribution < -0.4 is 0 Å². The smallest absolute Gasteiger partial charge is 0.118 e. The SMILES string of the molecule is CC(C)(C)Sc1cc(Br)ncn1. The van der Waals surface area contributed by atoms with Gasteiger partial charge in [-0.05, 0) is 15.9 Å². The lowest BCUT2D eigenvalue weighted by Crippen LogP contribution is -2.07. The molecule has 0 unspecified atom stereocenters. The molecular weight excluding hydrogens is 236 g/mol. The average molecular weight is 247 g/mol. The Morgan fingerprint density at radius 1 is 1.33 bits per heavy atom. The Labute approximate surface area is 85.3 Å². The molecule has 0 radical (unpaired) electrons. The topological polar surface area (TPSA) is 25.8 Å². The third-order valence-corrected chi connectivity index (χ3v) is 2.50. The monoisotopic (exact) mass is 246 g/mol. The van der Waals surface area contributed by atoms with Gasteiger partial charge in [-0.3, -0.25) is 0 Å². The molecule has 0 bridgehead atoms. The minimum Gasteiger partial charge on any atom is -0.230 e. The van der Waals surface area contributed by atoms with E-state index in [1.807, 2.05) is 6.07 Å². The molecule has 0 aliphatic carbocycles. The van der Waals surface area contributed by atoms with Gasteiger partial charge in [-0.1, -0.05) is 20.8 Å². The van der Waals surface area contributed by atoms with Crippen LogP contribution in [0.5, 0.6) is 0 Å².